The normalized spacial score (nSPS) is 10.3. The molecule has 126 valence electrons. The molecule has 0 aliphatic heterocycles. The van der Waals surface area contributed by atoms with Gasteiger partial charge in [0.1, 0.15) is 6.33 Å². The number of carbonyl (C=O) groups is 2. The highest BCUT2D eigenvalue weighted by Crippen LogP contribution is 2.08. The number of nitrogens with zero attached hydrogens (tertiary/aromatic N) is 4. The topological polar surface area (TPSA) is 102 Å². The van der Waals surface area contributed by atoms with Gasteiger partial charge in [-0.15, -0.1) is 5.10 Å². The SMILES string of the molecule is Cc1ccccc1CC(=O)NNC(=O)c1ccc(-n2cnnn2)cc1. The molecule has 2 N–H and O–H groups in total. The predicted octanol–water partition coefficient (Wildman–Crippen LogP) is 0.974. The highest BCUT2D eigenvalue weighted by molar-refractivity contribution is 5.95. The van der Waals surface area contributed by atoms with E-state index in [0.29, 0.717) is 5.56 Å². The summed E-state index contributed by atoms with van der Waals surface area (Å²) in [6, 6.07) is 14.3. The van der Waals surface area contributed by atoms with Crippen LogP contribution in [0.2, 0.25) is 0 Å². The molecule has 8 nitrogen and oxygen atoms in total. The van der Waals surface area contributed by atoms with Crippen LogP contribution >= 0.6 is 0 Å². The minimum atomic E-state index is -0.401. The zero-order valence-corrected chi connectivity index (χ0v) is 13.5. The second-order valence-corrected chi connectivity index (χ2v) is 5.41. The fourth-order valence-electron chi connectivity index (χ4n) is 2.27. The Morgan fingerprint density at radius 2 is 1.80 bits per heavy atom. The maximum Gasteiger partial charge on any atom is 0.269 e. The molecule has 1 heterocycles. The van der Waals surface area contributed by atoms with Crippen molar-refractivity contribution in [3.8, 4) is 5.69 Å². The highest BCUT2D eigenvalue weighted by atomic mass is 16.2. The largest absolute Gasteiger partial charge is 0.273 e. The molecule has 25 heavy (non-hydrogen) atoms. The quantitative estimate of drug-likeness (QED) is 0.691. The van der Waals surface area contributed by atoms with E-state index in [1.165, 1.54) is 11.0 Å². The average Bonchev–Trinajstić information content (AvgIpc) is 3.16. The Morgan fingerprint density at radius 3 is 2.48 bits per heavy atom. The van der Waals surface area contributed by atoms with Gasteiger partial charge in [0.25, 0.3) is 5.91 Å². The van der Waals surface area contributed by atoms with E-state index in [1.807, 2.05) is 31.2 Å². The zero-order chi connectivity index (χ0) is 17.6. The molecule has 8 heteroatoms. The summed E-state index contributed by atoms with van der Waals surface area (Å²) in [5.41, 5.74) is 7.91. The lowest BCUT2D eigenvalue weighted by Crippen LogP contribution is -2.42. The fourth-order valence-corrected chi connectivity index (χ4v) is 2.27. The Balaban J connectivity index is 1.55. The molecule has 0 aliphatic rings. The molecule has 0 saturated carbocycles. The van der Waals surface area contributed by atoms with E-state index in [0.717, 1.165) is 16.8 Å². The molecule has 0 bridgehead atoms. The Bertz CT molecular complexity index is 874. The van der Waals surface area contributed by atoms with E-state index < -0.39 is 5.91 Å². The number of amides is 2. The van der Waals surface area contributed by atoms with Crippen LogP contribution in [0, 0.1) is 6.92 Å². The summed E-state index contributed by atoms with van der Waals surface area (Å²) in [6.07, 6.45) is 1.66. The van der Waals surface area contributed by atoms with E-state index in [4.69, 9.17) is 0 Å². The van der Waals surface area contributed by atoms with Crippen molar-refractivity contribution in [1.29, 1.82) is 0 Å². The van der Waals surface area contributed by atoms with Gasteiger partial charge in [0.2, 0.25) is 5.91 Å². The standard InChI is InChI=1S/C17H16N6O2/c1-12-4-2-3-5-14(12)10-16(24)19-20-17(25)13-6-8-15(9-7-13)23-11-18-21-22-23/h2-9,11H,10H2,1H3,(H,19,24)(H,20,25). The van der Waals surface area contributed by atoms with Crippen LogP contribution in [0.4, 0.5) is 0 Å². The van der Waals surface area contributed by atoms with Gasteiger partial charge in [0, 0.05) is 5.56 Å². The van der Waals surface area contributed by atoms with Crippen molar-refractivity contribution in [3.05, 3.63) is 71.5 Å². The van der Waals surface area contributed by atoms with E-state index in [2.05, 4.69) is 26.4 Å². The van der Waals surface area contributed by atoms with Crippen molar-refractivity contribution < 1.29 is 9.59 Å². The van der Waals surface area contributed by atoms with Crippen molar-refractivity contribution in [1.82, 2.24) is 31.1 Å². The Morgan fingerprint density at radius 1 is 1.04 bits per heavy atom. The van der Waals surface area contributed by atoms with Crippen LogP contribution in [0.1, 0.15) is 21.5 Å². The minimum Gasteiger partial charge on any atom is -0.273 e. The summed E-state index contributed by atoms with van der Waals surface area (Å²) < 4.78 is 1.48. The molecule has 3 rings (SSSR count). The first-order valence-electron chi connectivity index (χ1n) is 7.60. The van der Waals surface area contributed by atoms with Crippen LogP contribution in [-0.2, 0) is 11.2 Å². The third-order valence-electron chi connectivity index (χ3n) is 3.67. The second kappa shape index (κ2) is 7.35. The van der Waals surface area contributed by atoms with Crippen LogP contribution < -0.4 is 10.9 Å². The number of carbonyl (C=O) groups excluding carboxylic acids is 2. The van der Waals surface area contributed by atoms with Gasteiger partial charge in [0.05, 0.1) is 12.1 Å². The van der Waals surface area contributed by atoms with E-state index in [-0.39, 0.29) is 12.3 Å². The van der Waals surface area contributed by atoms with E-state index in [1.54, 1.807) is 24.3 Å². The van der Waals surface area contributed by atoms with Crippen molar-refractivity contribution in [3.63, 3.8) is 0 Å². The molecule has 2 aromatic carbocycles. The molecule has 0 aliphatic carbocycles. The molecule has 0 atom stereocenters. The number of aryl methyl sites for hydroxylation is 1. The summed E-state index contributed by atoms with van der Waals surface area (Å²) in [6.45, 7) is 1.94. The van der Waals surface area contributed by atoms with E-state index >= 15 is 0 Å². The molecule has 2 amide bonds. The van der Waals surface area contributed by atoms with Crippen molar-refractivity contribution in [2.24, 2.45) is 0 Å². The molecular weight excluding hydrogens is 320 g/mol. The molecule has 0 fully saturated rings. The first kappa shape index (κ1) is 16.3. The lowest BCUT2D eigenvalue weighted by molar-refractivity contribution is -0.121. The van der Waals surface area contributed by atoms with Crippen LogP contribution in [0.3, 0.4) is 0 Å². The van der Waals surface area contributed by atoms with Crippen LogP contribution in [0.15, 0.2) is 54.9 Å². The van der Waals surface area contributed by atoms with Gasteiger partial charge >= 0.3 is 0 Å². The number of hydrazine groups is 1. The van der Waals surface area contributed by atoms with E-state index in [9.17, 15) is 9.59 Å². The molecule has 0 unspecified atom stereocenters. The molecule has 0 radical (unpaired) electrons. The number of hydrogen-bond donors (Lipinski definition) is 2. The maximum atomic E-state index is 12.1. The number of benzene rings is 2. The van der Waals surface area contributed by atoms with Crippen molar-refractivity contribution in [2.75, 3.05) is 0 Å². The van der Waals surface area contributed by atoms with Gasteiger partial charge < -0.3 is 0 Å². The number of hydrogen-bond acceptors (Lipinski definition) is 5. The smallest absolute Gasteiger partial charge is 0.269 e. The highest BCUT2D eigenvalue weighted by Gasteiger charge is 2.09. The number of nitrogens with one attached hydrogen (secondary N) is 2. The summed E-state index contributed by atoms with van der Waals surface area (Å²) in [5, 5.41) is 10.9. The zero-order valence-electron chi connectivity index (χ0n) is 13.5. The lowest BCUT2D eigenvalue weighted by Gasteiger charge is -2.09. The van der Waals surface area contributed by atoms with Crippen LogP contribution in [0.25, 0.3) is 5.69 Å². The van der Waals surface area contributed by atoms with Gasteiger partial charge in [-0.05, 0) is 52.7 Å². The fraction of sp³-hybridized carbons (Fsp3) is 0.118. The summed E-state index contributed by atoms with van der Waals surface area (Å²) >= 11 is 0. The van der Waals surface area contributed by atoms with Gasteiger partial charge in [-0.2, -0.15) is 0 Å². The molecule has 1 aromatic heterocycles. The number of tetrazole rings is 1. The summed E-state index contributed by atoms with van der Waals surface area (Å²) in [5.74, 6) is -0.686. The summed E-state index contributed by atoms with van der Waals surface area (Å²) in [7, 11) is 0. The van der Waals surface area contributed by atoms with Crippen LogP contribution in [-0.4, -0.2) is 32.0 Å². The maximum absolute atomic E-state index is 12.1. The van der Waals surface area contributed by atoms with Crippen molar-refractivity contribution >= 4 is 11.8 Å². The van der Waals surface area contributed by atoms with Gasteiger partial charge in [-0.1, -0.05) is 24.3 Å². The van der Waals surface area contributed by atoms with Gasteiger partial charge in [-0.3, -0.25) is 20.4 Å². The predicted molar refractivity (Wildman–Crippen MR) is 89.6 cm³/mol. The third kappa shape index (κ3) is 4.05. The first-order valence-corrected chi connectivity index (χ1v) is 7.60. The Hall–Kier alpha value is -3.55. The Kier molecular flexibility index (Phi) is 4.79. The number of aromatic nitrogens is 4. The Labute approximate surface area is 143 Å². The second-order valence-electron chi connectivity index (χ2n) is 5.41. The third-order valence-corrected chi connectivity index (χ3v) is 3.67. The average molecular weight is 336 g/mol. The molecular formula is C17H16N6O2. The number of rotatable bonds is 4. The van der Waals surface area contributed by atoms with Gasteiger partial charge in [-0.25, -0.2) is 4.68 Å². The van der Waals surface area contributed by atoms with Crippen molar-refractivity contribution in [2.45, 2.75) is 13.3 Å². The minimum absolute atomic E-state index is 0.200. The molecule has 0 spiro atoms. The molecule has 3 aromatic rings. The summed E-state index contributed by atoms with van der Waals surface area (Å²) in [4.78, 5) is 24.1. The van der Waals surface area contributed by atoms with Gasteiger partial charge in [0.15, 0.2) is 0 Å². The van der Waals surface area contributed by atoms with Crippen LogP contribution in [0.5, 0.6) is 0 Å². The molecule has 0 saturated heterocycles. The lowest BCUT2D eigenvalue weighted by atomic mass is 10.1. The first-order chi connectivity index (χ1) is 12.1. The monoisotopic (exact) mass is 336 g/mol.